The van der Waals surface area contributed by atoms with Crippen LogP contribution in [0.4, 0.5) is 20.4 Å². The van der Waals surface area contributed by atoms with Crippen molar-refractivity contribution in [3.8, 4) is 0 Å². The molecule has 1 heterocycles. The van der Waals surface area contributed by atoms with Crippen LogP contribution in [0.5, 0.6) is 0 Å². The fourth-order valence-electron chi connectivity index (χ4n) is 5.37. The number of nitrogens with one attached hydrogen (secondary N) is 4. The molecule has 254 valence electrons. The van der Waals surface area contributed by atoms with Gasteiger partial charge in [0.15, 0.2) is 5.13 Å². The molecule has 0 radical (unpaired) electrons. The third-order valence-corrected chi connectivity index (χ3v) is 8.72. The third kappa shape index (κ3) is 9.44. The van der Waals surface area contributed by atoms with E-state index in [9.17, 15) is 29.4 Å². The first-order valence-corrected chi connectivity index (χ1v) is 16.2. The molecular weight excluding hydrogens is 620 g/mol. The summed E-state index contributed by atoms with van der Waals surface area (Å²) >= 11 is 1.45. The molecule has 1 aromatic heterocycles. The second-order valence-corrected chi connectivity index (χ2v) is 14.4. The van der Waals surface area contributed by atoms with Gasteiger partial charge in [-0.15, -0.1) is 11.3 Å². The van der Waals surface area contributed by atoms with Gasteiger partial charge in [-0.1, -0.05) is 45.0 Å². The van der Waals surface area contributed by atoms with Crippen LogP contribution in [0.2, 0.25) is 0 Å². The standard InChI is InChI=1S/C34H46N6O6S/c1-21(41)36-29-37-26(27(47-29)20-14-22-9-15-24(16-10-22)28(42)35-8)19-13-23-11-17-25(18-12-23)38-34(32(2,3)4,39-30(43)44)40(31(45)46)33(5,6)7/h9-12,15-18,38-39H,13-14,19-20H2,1-8H3,(H,35,42)(H,43,44)(H,45,46)(H,36,37,41). The molecule has 0 aliphatic rings. The average molecular weight is 667 g/mol. The van der Waals surface area contributed by atoms with Gasteiger partial charge in [-0.3, -0.25) is 19.8 Å². The van der Waals surface area contributed by atoms with E-state index in [1.165, 1.54) is 18.3 Å². The van der Waals surface area contributed by atoms with Crippen LogP contribution in [0, 0.1) is 5.41 Å². The molecule has 6 N–H and O–H groups in total. The highest BCUT2D eigenvalue weighted by Gasteiger charge is 2.54. The summed E-state index contributed by atoms with van der Waals surface area (Å²) in [7, 11) is 1.60. The number of hydrogen-bond acceptors (Lipinski definition) is 7. The van der Waals surface area contributed by atoms with Gasteiger partial charge in [-0.05, 0) is 81.8 Å². The van der Waals surface area contributed by atoms with Crippen LogP contribution in [0.15, 0.2) is 48.5 Å². The predicted molar refractivity (Wildman–Crippen MR) is 184 cm³/mol. The molecule has 3 rings (SSSR count). The Bertz CT molecular complexity index is 1570. The maximum Gasteiger partial charge on any atom is 0.411 e. The Balaban J connectivity index is 1.82. The lowest BCUT2D eigenvalue weighted by atomic mass is 9.82. The summed E-state index contributed by atoms with van der Waals surface area (Å²) in [4.78, 5) is 55.1. The van der Waals surface area contributed by atoms with Gasteiger partial charge in [0, 0.05) is 41.1 Å². The Morgan fingerprint density at radius 3 is 1.85 bits per heavy atom. The van der Waals surface area contributed by atoms with Crippen LogP contribution < -0.4 is 21.3 Å². The molecule has 0 fully saturated rings. The highest BCUT2D eigenvalue weighted by molar-refractivity contribution is 7.15. The van der Waals surface area contributed by atoms with Gasteiger partial charge in [-0.25, -0.2) is 14.6 Å². The minimum atomic E-state index is -1.71. The zero-order valence-electron chi connectivity index (χ0n) is 28.3. The van der Waals surface area contributed by atoms with Crippen molar-refractivity contribution in [3.63, 3.8) is 0 Å². The van der Waals surface area contributed by atoms with Crippen molar-refractivity contribution >= 4 is 46.2 Å². The first-order chi connectivity index (χ1) is 21.9. The molecule has 0 saturated heterocycles. The number of aromatic nitrogens is 1. The van der Waals surface area contributed by atoms with Crippen LogP contribution in [-0.4, -0.2) is 62.5 Å². The topological polar surface area (TPSA) is 173 Å². The van der Waals surface area contributed by atoms with E-state index in [4.69, 9.17) is 4.98 Å². The summed E-state index contributed by atoms with van der Waals surface area (Å²) in [6, 6.07) is 14.9. The van der Waals surface area contributed by atoms with Crippen molar-refractivity contribution in [2.75, 3.05) is 17.7 Å². The number of hydrogen-bond donors (Lipinski definition) is 6. The minimum absolute atomic E-state index is 0.136. The average Bonchev–Trinajstić information content (AvgIpc) is 3.34. The second kappa shape index (κ2) is 14.8. The van der Waals surface area contributed by atoms with Gasteiger partial charge in [0.25, 0.3) is 5.91 Å². The number of carboxylic acid groups (broad SMARTS) is 2. The number of nitrogens with zero attached hydrogens (tertiary/aromatic N) is 2. The van der Waals surface area contributed by atoms with Crippen LogP contribution >= 0.6 is 11.3 Å². The van der Waals surface area contributed by atoms with E-state index in [0.717, 1.165) is 33.0 Å². The smallest absolute Gasteiger partial charge is 0.411 e. The van der Waals surface area contributed by atoms with E-state index >= 15 is 0 Å². The molecule has 0 saturated carbocycles. The summed E-state index contributed by atoms with van der Waals surface area (Å²) in [5.41, 5.74) is 2.25. The van der Waals surface area contributed by atoms with Gasteiger partial charge in [-0.2, -0.15) is 0 Å². The summed E-state index contributed by atoms with van der Waals surface area (Å²) in [6.07, 6.45) is 0.0937. The zero-order valence-corrected chi connectivity index (χ0v) is 29.1. The van der Waals surface area contributed by atoms with E-state index in [0.29, 0.717) is 35.6 Å². The summed E-state index contributed by atoms with van der Waals surface area (Å²) in [5, 5.41) is 31.7. The largest absolute Gasteiger partial charge is 0.465 e. The fourth-order valence-corrected chi connectivity index (χ4v) is 6.42. The van der Waals surface area contributed by atoms with Crippen LogP contribution in [-0.2, 0) is 30.5 Å². The molecule has 1 atom stereocenters. The number of anilines is 2. The number of amides is 4. The highest BCUT2D eigenvalue weighted by atomic mass is 32.1. The maximum absolute atomic E-state index is 12.6. The lowest BCUT2D eigenvalue weighted by molar-refractivity contribution is -0.114. The Morgan fingerprint density at radius 1 is 0.830 bits per heavy atom. The van der Waals surface area contributed by atoms with Crippen LogP contribution in [0.25, 0.3) is 0 Å². The SMILES string of the molecule is CNC(=O)c1ccc(CCc2sc(NC(C)=O)nc2CCc2ccc(NC(NC(=O)O)(N(C(=O)O)C(C)(C)C)C(C)(C)C)cc2)cc1. The molecule has 3 aromatic rings. The van der Waals surface area contributed by atoms with E-state index in [1.807, 2.05) is 24.3 Å². The molecule has 4 amide bonds. The maximum atomic E-state index is 12.6. The highest BCUT2D eigenvalue weighted by Crippen LogP contribution is 2.39. The van der Waals surface area contributed by atoms with Crippen molar-refractivity contribution in [2.45, 2.75) is 85.5 Å². The molecule has 2 aromatic carbocycles. The first kappa shape index (κ1) is 36.8. The summed E-state index contributed by atoms with van der Waals surface area (Å²) in [5.74, 6) is -2.04. The third-order valence-electron chi connectivity index (χ3n) is 7.65. The monoisotopic (exact) mass is 666 g/mol. The van der Waals surface area contributed by atoms with Gasteiger partial charge < -0.3 is 26.2 Å². The number of carbonyl (C=O) groups excluding carboxylic acids is 2. The molecule has 0 bridgehead atoms. The lowest BCUT2D eigenvalue weighted by Crippen LogP contribution is -2.76. The normalized spacial score (nSPS) is 12.9. The molecule has 12 nitrogen and oxygen atoms in total. The molecule has 0 aliphatic carbocycles. The molecular formula is C34H46N6O6S. The van der Waals surface area contributed by atoms with Gasteiger partial charge in [0.1, 0.15) is 0 Å². The van der Waals surface area contributed by atoms with Crippen molar-refractivity contribution in [2.24, 2.45) is 5.41 Å². The van der Waals surface area contributed by atoms with Gasteiger partial charge >= 0.3 is 12.2 Å². The van der Waals surface area contributed by atoms with Crippen molar-refractivity contribution in [3.05, 3.63) is 75.8 Å². The molecule has 0 aliphatic heterocycles. The van der Waals surface area contributed by atoms with E-state index in [-0.39, 0.29) is 11.8 Å². The van der Waals surface area contributed by atoms with Crippen LogP contribution in [0.3, 0.4) is 0 Å². The summed E-state index contributed by atoms with van der Waals surface area (Å²) in [6.45, 7) is 11.9. The molecule has 1 unspecified atom stereocenters. The zero-order chi connectivity index (χ0) is 35.2. The van der Waals surface area contributed by atoms with E-state index in [2.05, 4.69) is 21.3 Å². The molecule has 0 spiro atoms. The van der Waals surface area contributed by atoms with Crippen molar-refractivity contribution in [1.29, 1.82) is 0 Å². The summed E-state index contributed by atoms with van der Waals surface area (Å²) < 4.78 is 0. The Labute approximate surface area is 280 Å². The lowest BCUT2D eigenvalue weighted by Gasteiger charge is -2.55. The number of aryl methyl sites for hydroxylation is 4. The Kier molecular flexibility index (Phi) is 11.6. The predicted octanol–water partition coefficient (Wildman–Crippen LogP) is 6.19. The van der Waals surface area contributed by atoms with E-state index in [1.54, 1.807) is 72.9 Å². The number of benzene rings is 2. The number of thiazole rings is 1. The quantitative estimate of drug-likeness (QED) is 0.124. The van der Waals surface area contributed by atoms with Crippen molar-refractivity contribution in [1.82, 2.24) is 20.5 Å². The van der Waals surface area contributed by atoms with Crippen LogP contribution in [0.1, 0.15) is 80.5 Å². The van der Waals surface area contributed by atoms with Crippen molar-refractivity contribution < 1.29 is 29.4 Å². The van der Waals surface area contributed by atoms with Gasteiger partial charge in [0.05, 0.1) is 5.69 Å². The Morgan fingerprint density at radius 2 is 1.38 bits per heavy atom. The molecule has 47 heavy (non-hydrogen) atoms. The Hall–Kier alpha value is -4.65. The fraction of sp³-hybridized carbons (Fsp3) is 0.441. The first-order valence-electron chi connectivity index (χ1n) is 15.3. The van der Waals surface area contributed by atoms with Gasteiger partial charge in [0.2, 0.25) is 11.7 Å². The number of carbonyl (C=O) groups is 4. The minimum Gasteiger partial charge on any atom is -0.465 e. The molecule has 13 heteroatoms. The number of rotatable bonds is 12. The second-order valence-electron chi connectivity index (χ2n) is 13.3. The van der Waals surface area contributed by atoms with E-state index < -0.39 is 28.9 Å².